The summed E-state index contributed by atoms with van der Waals surface area (Å²) in [5.41, 5.74) is 4.40. The van der Waals surface area contributed by atoms with Crippen LogP contribution in [0.3, 0.4) is 0 Å². The van der Waals surface area contributed by atoms with E-state index in [9.17, 15) is 0 Å². The van der Waals surface area contributed by atoms with Crippen LogP contribution in [0.15, 0.2) is 0 Å². The minimum absolute atomic E-state index is 0.500. The molecule has 0 rings (SSSR count). The van der Waals surface area contributed by atoms with E-state index >= 15 is 0 Å². The molecule has 0 aliphatic rings. The third kappa shape index (κ3) is 22.5. The topological polar surface area (TPSA) is 67.5 Å². The predicted molar refractivity (Wildman–Crippen MR) is 66.5 cm³/mol. The van der Waals surface area contributed by atoms with Crippen molar-refractivity contribution in [1.82, 2.24) is 5.32 Å². The number of hydrogen-bond acceptors (Lipinski definition) is 3. The van der Waals surface area contributed by atoms with Crippen LogP contribution in [0.1, 0.15) is 26.7 Å². The molecular weight excluding hydrogens is 220 g/mol. The second-order valence-corrected chi connectivity index (χ2v) is 3.15. The van der Waals surface area contributed by atoms with Gasteiger partial charge in [0.2, 0.25) is 0 Å². The number of nitrogens with two attached hydrogens (primary N) is 1. The number of ether oxygens (including phenoxy) is 1. The fourth-order valence-corrected chi connectivity index (χ4v) is 0.732. The molecular formula is C8H18N2O2S2. The first-order valence-corrected chi connectivity index (χ1v) is 5.25. The minimum atomic E-state index is -0.500. The van der Waals surface area contributed by atoms with Crippen LogP contribution >= 0.6 is 24.4 Å². The van der Waals surface area contributed by atoms with Crippen LogP contribution < -0.4 is 11.1 Å². The summed E-state index contributed by atoms with van der Waals surface area (Å²) in [6.45, 7) is 5.70. The highest BCUT2D eigenvalue weighted by Gasteiger charge is 1.91. The number of aliphatic hydroxyl groups excluding tert-OH is 1. The first-order valence-electron chi connectivity index (χ1n) is 4.43. The zero-order valence-corrected chi connectivity index (χ0v) is 10.2. The summed E-state index contributed by atoms with van der Waals surface area (Å²) in [7, 11) is 0. The lowest BCUT2D eigenvalue weighted by molar-refractivity contribution is 0.292. The molecule has 0 heterocycles. The van der Waals surface area contributed by atoms with E-state index < -0.39 is 5.17 Å². The smallest absolute Gasteiger partial charge is 0.256 e. The van der Waals surface area contributed by atoms with Crippen LogP contribution in [-0.2, 0) is 4.74 Å². The van der Waals surface area contributed by atoms with Gasteiger partial charge in [0.25, 0.3) is 10.3 Å². The van der Waals surface area contributed by atoms with E-state index in [2.05, 4.69) is 30.2 Å². The first-order chi connectivity index (χ1) is 6.54. The van der Waals surface area contributed by atoms with Gasteiger partial charge in [-0.2, -0.15) is 0 Å². The lowest BCUT2D eigenvalue weighted by Gasteiger charge is -2.06. The van der Waals surface area contributed by atoms with Crippen molar-refractivity contribution in [3.63, 3.8) is 0 Å². The van der Waals surface area contributed by atoms with E-state index in [1.807, 2.05) is 6.92 Å². The Labute approximate surface area is 95.8 Å². The number of thiocarbonyl (C=S) groups is 2. The quantitative estimate of drug-likeness (QED) is 0.509. The SMILES string of the molecule is CCCCOC(=S)NCC.NC(O)=S. The molecule has 0 radical (unpaired) electrons. The molecule has 0 aliphatic carbocycles. The summed E-state index contributed by atoms with van der Waals surface area (Å²) in [4.78, 5) is 0. The molecule has 4 nitrogen and oxygen atoms in total. The highest BCUT2D eigenvalue weighted by Crippen LogP contribution is 1.87. The van der Waals surface area contributed by atoms with Crippen molar-refractivity contribution in [2.24, 2.45) is 5.73 Å². The molecule has 0 aromatic rings. The van der Waals surface area contributed by atoms with Gasteiger partial charge in [0, 0.05) is 6.54 Å². The second-order valence-electron chi connectivity index (χ2n) is 2.36. The van der Waals surface area contributed by atoms with Crippen LogP contribution in [0, 0.1) is 0 Å². The average Bonchev–Trinajstić information content (AvgIpc) is 2.04. The van der Waals surface area contributed by atoms with Crippen molar-refractivity contribution in [1.29, 1.82) is 0 Å². The van der Waals surface area contributed by atoms with Gasteiger partial charge >= 0.3 is 0 Å². The molecule has 0 saturated heterocycles. The number of aliphatic hydroxyl groups is 1. The van der Waals surface area contributed by atoms with Gasteiger partial charge in [-0.1, -0.05) is 13.3 Å². The van der Waals surface area contributed by atoms with Crippen LogP contribution in [-0.4, -0.2) is 28.6 Å². The summed E-state index contributed by atoms with van der Waals surface area (Å²) in [5, 5.41) is 10.5. The summed E-state index contributed by atoms with van der Waals surface area (Å²) >= 11 is 8.70. The lowest BCUT2D eigenvalue weighted by Crippen LogP contribution is -2.23. The van der Waals surface area contributed by atoms with Gasteiger partial charge in [0.1, 0.15) is 0 Å². The van der Waals surface area contributed by atoms with Gasteiger partial charge in [-0.05, 0) is 37.8 Å². The van der Waals surface area contributed by atoms with Gasteiger partial charge in [-0.3, -0.25) is 0 Å². The summed E-state index contributed by atoms with van der Waals surface area (Å²) < 4.78 is 5.14. The highest BCUT2D eigenvalue weighted by molar-refractivity contribution is 7.80. The summed E-state index contributed by atoms with van der Waals surface area (Å²) in [6, 6.07) is 0. The van der Waals surface area contributed by atoms with Gasteiger partial charge in [0.05, 0.1) is 6.61 Å². The Morgan fingerprint density at radius 3 is 2.29 bits per heavy atom. The van der Waals surface area contributed by atoms with Crippen molar-refractivity contribution in [2.75, 3.05) is 13.2 Å². The molecule has 0 aromatic carbocycles. The standard InChI is InChI=1S/C7H15NOS.CH3NOS/c1-3-5-6-9-7(10)8-4-2;2-1(3)4/h3-6H2,1-2H3,(H,8,10);(H3,2,3,4). The van der Waals surface area contributed by atoms with Crippen molar-refractivity contribution in [3.05, 3.63) is 0 Å². The Kier molecular flexibility index (Phi) is 14.0. The Balaban J connectivity index is 0. The number of unbranched alkanes of at least 4 members (excludes halogenated alkanes) is 1. The molecule has 0 aromatic heterocycles. The maximum absolute atomic E-state index is 7.56. The fraction of sp³-hybridized carbons (Fsp3) is 0.750. The Morgan fingerprint density at radius 1 is 1.43 bits per heavy atom. The van der Waals surface area contributed by atoms with Crippen LogP contribution in [0.4, 0.5) is 0 Å². The molecule has 0 aliphatic heterocycles. The predicted octanol–water partition coefficient (Wildman–Crippen LogP) is 1.49. The minimum Gasteiger partial charge on any atom is -0.487 e. The largest absolute Gasteiger partial charge is 0.487 e. The Morgan fingerprint density at radius 2 is 1.93 bits per heavy atom. The summed E-state index contributed by atoms with van der Waals surface area (Å²) in [5.74, 6) is 0. The van der Waals surface area contributed by atoms with E-state index in [1.54, 1.807) is 0 Å². The number of hydrogen-bond donors (Lipinski definition) is 3. The number of nitrogens with one attached hydrogen (secondary N) is 1. The molecule has 0 fully saturated rings. The van der Waals surface area contributed by atoms with Gasteiger partial charge < -0.3 is 20.9 Å². The zero-order valence-electron chi connectivity index (χ0n) is 8.58. The molecule has 4 N–H and O–H groups in total. The van der Waals surface area contributed by atoms with Crippen LogP contribution in [0.5, 0.6) is 0 Å². The Bertz CT molecular complexity index is 161. The molecule has 0 bridgehead atoms. The fourth-order valence-electron chi connectivity index (χ4n) is 0.505. The Hall–Kier alpha value is -0.620. The molecule has 0 amide bonds. The third-order valence-electron chi connectivity index (χ3n) is 1.05. The van der Waals surface area contributed by atoms with Crippen molar-refractivity contribution < 1.29 is 9.84 Å². The highest BCUT2D eigenvalue weighted by atomic mass is 32.1. The molecule has 0 atom stereocenters. The molecule has 0 unspecified atom stereocenters. The molecule has 84 valence electrons. The lowest BCUT2D eigenvalue weighted by atomic mass is 10.4. The number of rotatable bonds is 4. The van der Waals surface area contributed by atoms with E-state index in [1.165, 1.54) is 0 Å². The maximum Gasteiger partial charge on any atom is 0.256 e. The van der Waals surface area contributed by atoms with Crippen LogP contribution in [0.2, 0.25) is 0 Å². The van der Waals surface area contributed by atoms with Gasteiger partial charge in [-0.15, -0.1) is 0 Å². The van der Waals surface area contributed by atoms with Crippen molar-refractivity contribution >= 4 is 34.8 Å². The van der Waals surface area contributed by atoms with Crippen molar-refractivity contribution in [3.8, 4) is 0 Å². The molecule has 14 heavy (non-hydrogen) atoms. The zero-order chi connectivity index (χ0) is 11.4. The normalized spacial score (nSPS) is 8.14. The first kappa shape index (κ1) is 15.8. The van der Waals surface area contributed by atoms with Gasteiger partial charge in [-0.25, -0.2) is 0 Å². The maximum atomic E-state index is 7.56. The third-order valence-corrected chi connectivity index (χ3v) is 1.31. The average molecular weight is 238 g/mol. The monoisotopic (exact) mass is 238 g/mol. The molecule has 0 saturated carbocycles. The molecule has 0 spiro atoms. The van der Waals surface area contributed by atoms with Crippen molar-refractivity contribution in [2.45, 2.75) is 26.7 Å². The van der Waals surface area contributed by atoms with E-state index in [-0.39, 0.29) is 0 Å². The van der Waals surface area contributed by atoms with E-state index in [4.69, 9.17) is 22.1 Å². The van der Waals surface area contributed by atoms with Gasteiger partial charge in [0.15, 0.2) is 0 Å². The molecule has 6 heteroatoms. The second kappa shape index (κ2) is 12.4. The van der Waals surface area contributed by atoms with E-state index in [0.717, 1.165) is 26.0 Å². The van der Waals surface area contributed by atoms with Crippen LogP contribution in [0.25, 0.3) is 0 Å². The summed E-state index contributed by atoms with van der Waals surface area (Å²) in [6.07, 6.45) is 2.22. The van der Waals surface area contributed by atoms with E-state index in [0.29, 0.717) is 5.17 Å².